The summed E-state index contributed by atoms with van der Waals surface area (Å²) in [5.41, 5.74) is 3.69. The van der Waals surface area contributed by atoms with Gasteiger partial charge in [-0.15, -0.1) is 0 Å². The maximum atomic E-state index is 9.54. The number of fused-ring (bicyclic) bond motifs is 2. The average Bonchev–Trinajstić information content (AvgIpc) is 2.70. The van der Waals surface area contributed by atoms with Crippen LogP contribution in [0.15, 0.2) is 48.5 Å². The molecule has 0 radical (unpaired) electrons. The molecule has 4 rings (SSSR count). The molecular weight excluding hydrogens is 361 g/mol. The number of phenolic OH excluding ortho intramolecular Hbond substituents is 2. The van der Waals surface area contributed by atoms with Gasteiger partial charge in [-0.25, -0.2) is 9.97 Å². The van der Waals surface area contributed by atoms with Crippen LogP contribution < -0.4 is 0 Å². The first-order valence-corrected chi connectivity index (χ1v) is 8.43. The van der Waals surface area contributed by atoms with Gasteiger partial charge in [0, 0.05) is 22.2 Å². The molecular formula is C22H18BeN4O2. The fourth-order valence-electron chi connectivity index (χ4n) is 2.80. The predicted molar refractivity (Wildman–Crippen MR) is 114 cm³/mol. The summed E-state index contributed by atoms with van der Waals surface area (Å²) in [6.45, 7) is 3.69. The van der Waals surface area contributed by atoms with E-state index in [-0.39, 0.29) is 21.6 Å². The molecule has 0 unspecified atom stereocenters. The third-order valence-electron chi connectivity index (χ3n) is 4.19. The summed E-state index contributed by atoms with van der Waals surface area (Å²) >= 11 is 0. The normalized spacial score (nSPS) is 9.66. The van der Waals surface area contributed by atoms with Crippen LogP contribution >= 0.6 is 0 Å². The number of rotatable bonds is 0. The van der Waals surface area contributed by atoms with Gasteiger partial charge in [-0.1, -0.05) is 0 Å². The van der Waals surface area contributed by atoms with Crippen molar-refractivity contribution in [3.05, 3.63) is 71.0 Å². The van der Waals surface area contributed by atoms with Crippen molar-refractivity contribution < 1.29 is 10.2 Å². The van der Waals surface area contributed by atoms with Gasteiger partial charge in [-0.05, 0) is 62.4 Å². The van der Waals surface area contributed by atoms with E-state index in [4.69, 9.17) is 10.5 Å². The van der Waals surface area contributed by atoms with Crippen LogP contribution in [0.4, 0.5) is 0 Å². The van der Waals surface area contributed by atoms with E-state index in [0.29, 0.717) is 32.9 Å². The number of nitrogens with zero attached hydrogens (tertiary/aromatic N) is 4. The first kappa shape index (κ1) is 21.3. The van der Waals surface area contributed by atoms with Gasteiger partial charge in [0.1, 0.15) is 22.5 Å². The van der Waals surface area contributed by atoms with Crippen molar-refractivity contribution in [1.82, 2.24) is 9.97 Å². The SMILES string of the molecule is Cc1ccc2c(C#N)ccc(O)c2n1.Cc1ccc2c(C#N)ccc(O)c2n1.[BeH2]. The van der Waals surface area contributed by atoms with Crippen molar-refractivity contribution in [2.45, 2.75) is 13.8 Å². The maximum absolute atomic E-state index is 9.54. The number of hydrogen-bond donors (Lipinski definition) is 2. The summed E-state index contributed by atoms with van der Waals surface area (Å²) in [5.74, 6) is 0.227. The van der Waals surface area contributed by atoms with Crippen LogP contribution in [0.3, 0.4) is 0 Å². The summed E-state index contributed by atoms with van der Waals surface area (Å²) in [5, 5.41) is 38.1. The molecule has 2 aromatic carbocycles. The van der Waals surface area contributed by atoms with Crippen molar-refractivity contribution >= 4 is 31.9 Å². The van der Waals surface area contributed by atoms with Gasteiger partial charge in [0.15, 0.2) is 0 Å². The van der Waals surface area contributed by atoms with E-state index in [1.807, 2.05) is 26.0 Å². The van der Waals surface area contributed by atoms with Gasteiger partial charge in [0.25, 0.3) is 0 Å². The molecule has 0 bridgehead atoms. The molecule has 2 aromatic heterocycles. The average molecular weight is 379 g/mol. The Labute approximate surface area is 171 Å². The Hall–Kier alpha value is -3.99. The molecule has 0 atom stereocenters. The fourth-order valence-corrected chi connectivity index (χ4v) is 2.80. The Kier molecular flexibility index (Phi) is 6.47. The van der Waals surface area contributed by atoms with Crippen LogP contribution in [0.2, 0.25) is 0 Å². The molecule has 0 fully saturated rings. The van der Waals surface area contributed by atoms with E-state index in [9.17, 15) is 10.2 Å². The van der Waals surface area contributed by atoms with Crippen molar-refractivity contribution in [3.8, 4) is 23.6 Å². The van der Waals surface area contributed by atoms with E-state index in [0.717, 1.165) is 11.4 Å². The van der Waals surface area contributed by atoms with Crippen molar-refractivity contribution in [2.75, 3.05) is 0 Å². The Morgan fingerprint density at radius 1 is 0.655 bits per heavy atom. The number of hydrogen-bond acceptors (Lipinski definition) is 6. The molecule has 0 spiro atoms. The Morgan fingerprint density at radius 3 is 1.38 bits per heavy atom. The van der Waals surface area contributed by atoms with Crippen LogP contribution in [0.1, 0.15) is 22.5 Å². The predicted octanol–water partition coefficient (Wildman–Crippen LogP) is 3.32. The van der Waals surface area contributed by atoms with Crippen molar-refractivity contribution in [1.29, 1.82) is 10.5 Å². The Morgan fingerprint density at radius 2 is 1.03 bits per heavy atom. The molecule has 140 valence electrons. The number of aromatic hydroxyl groups is 2. The Bertz CT molecular complexity index is 1190. The first-order valence-electron chi connectivity index (χ1n) is 8.43. The third-order valence-corrected chi connectivity index (χ3v) is 4.19. The summed E-state index contributed by atoms with van der Waals surface area (Å²) in [6.07, 6.45) is 0. The van der Waals surface area contributed by atoms with Crippen molar-refractivity contribution in [2.24, 2.45) is 0 Å². The number of phenols is 2. The number of aryl methyl sites for hydroxylation is 2. The molecule has 4 aromatic rings. The summed E-state index contributed by atoms with van der Waals surface area (Å²) < 4.78 is 0. The Balaban J connectivity index is 0.000000200. The molecule has 0 amide bonds. The molecule has 7 heteroatoms. The van der Waals surface area contributed by atoms with Crippen LogP contribution in [0.25, 0.3) is 21.8 Å². The minimum absolute atomic E-state index is 0. The monoisotopic (exact) mass is 379 g/mol. The molecule has 0 aliphatic rings. The fraction of sp³-hybridized carbons (Fsp3) is 0.0909. The van der Waals surface area contributed by atoms with E-state index in [1.54, 1.807) is 24.3 Å². The van der Waals surface area contributed by atoms with Crippen LogP contribution in [-0.4, -0.2) is 30.3 Å². The zero-order valence-electron chi connectivity index (χ0n) is 15.3. The van der Waals surface area contributed by atoms with E-state index in [2.05, 4.69) is 22.1 Å². The van der Waals surface area contributed by atoms with E-state index >= 15 is 0 Å². The second-order valence-corrected chi connectivity index (χ2v) is 6.19. The molecule has 29 heavy (non-hydrogen) atoms. The second kappa shape index (κ2) is 8.80. The van der Waals surface area contributed by atoms with Crippen LogP contribution in [0.5, 0.6) is 11.5 Å². The second-order valence-electron chi connectivity index (χ2n) is 6.19. The number of nitriles is 2. The summed E-state index contributed by atoms with van der Waals surface area (Å²) in [7, 11) is 0. The topological polar surface area (TPSA) is 114 Å². The van der Waals surface area contributed by atoms with Crippen LogP contribution in [-0.2, 0) is 0 Å². The number of benzene rings is 2. The van der Waals surface area contributed by atoms with Gasteiger partial charge in [-0.3, -0.25) is 0 Å². The molecule has 0 aliphatic heterocycles. The molecule has 6 nitrogen and oxygen atoms in total. The van der Waals surface area contributed by atoms with Gasteiger partial charge >= 0.3 is 10.1 Å². The van der Waals surface area contributed by atoms with Gasteiger partial charge in [-0.2, -0.15) is 10.5 Å². The quantitative estimate of drug-likeness (QED) is 0.453. The van der Waals surface area contributed by atoms with Gasteiger partial charge in [0.2, 0.25) is 0 Å². The number of aromatic nitrogens is 2. The van der Waals surface area contributed by atoms with E-state index in [1.165, 1.54) is 12.1 Å². The first-order chi connectivity index (χ1) is 13.4. The number of pyridine rings is 2. The summed E-state index contributed by atoms with van der Waals surface area (Å²) in [6, 6.07) is 17.5. The zero-order chi connectivity index (χ0) is 20.3. The van der Waals surface area contributed by atoms with Gasteiger partial charge < -0.3 is 10.2 Å². The van der Waals surface area contributed by atoms with Crippen molar-refractivity contribution in [3.63, 3.8) is 0 Å². The van der Waals surface area contributed by atoms with E-state index < -0.39 is 0 Å². The molecule has 0 aliphatic carbocycles. The molecule has 2 heterocycles. The standard InChI is InChI=1S/2C11H8N2O.Be.2H/c2*1-7-2-4-9-8(6-12)3-5-10(14)11(9)13-7;;;/h2*2-5,14H,1H3;;;. The van der Waals surface area contributed by atoms with Crippen LogP contribution in [0, 0.1) is 36.5 Å². The van der Waals surface area contributed by atoms with Gasteiger partial charge in [0.05, 0.1) is 23.3 Å². The zero-order valence-corrected chi connectivity index (χ0v) is 15.3. The summed E-state index contributed by atoms with van der Waals surface area (Å²) in [4.78, 5) is 8.37. The third kappa shape index (κ3) is 4.30. The molecule has 0 saturated heterocycles. The minimum atomic E-state index is 0. The molecule has 0 saturated carbocycles. The molecule has 2 N–H and O–H groups in total.